The zero-order valence-corrected chi connectivity index (χ0v) is 13.5. The highest BCUT2D eigenvalue weighted by Crippen LogP contribution is 2.32. The highest BCUT2D eigenvalue weighted by atomic mass is 16.5. The SMILES string of the molecule is CN(C)CCOc1ccc(NC(=O)CC2(O)CCCC2)cc1. The highest BCUT2D eigenvalue weighted by molar-refractivity contribution is 5.91. The fourth-order valence-electron chi connectivity index (χ4n) is 2.69. The first-order valence-corrected chi connectivity index (χ1v) is 7.87. The van der Waals surface area contributed by atoms with Crippen LogP contribution in [0.1, 0.15) is 32.1 Å². The fourth-order valence-corrected chi connectivity index (χ4v) is 2.69. The van der Waals surface area contributed by atoms with Crippen LogP contribution >= 0.6 is 0 Å². The summed E-state index contributed by atoms with van der Waals surface area (Å²) in [5.74, 6) is 0.653. The van der Waals surface area contributed by atoms with E-state index in [0.29, 0.717) is 6.61 Å². The van der Waals surface area contributed by atoms with Gasteiger partial charge in [-0.05, 0) is 51.2 Å². The van der Waals surface area contributed by atoms with Gasteiger partial charge in [0.15, 0.2) is 0 Å². The molecular weight excluding hydrogens is 280 g/mol. The van der Waals surface area contributed by atoms with E-state index in [1.54, 1.807) is 0 Å². The van der Waals surface area contributed by atoms with Gasteiger partial charge in [0.25, 0.3) is 0 Å². The van der Waals surface area contributed by atoms with E-state index in [9.17, 15) is 9.90 Å². The van der Waals surface area contributed by atoms with Crippen molar-refractivity contribution in [1.29, 1.82) is 0 Å². The Morgan fingerprint density at radius 3 is 2.50 bits per heavy atom. The number of rotatable bonds is 7. The van der Waals surface area contributed by atoms with Crippen LogP contribution < -0.4 is 10.1 Å². The number of ether oxygens (including phenoxy) is 1. The lowest BCUT2D eigenvalue weighted by Gasteiger charge is -2.21. The minimum absolute atomic E-state index is 0.134. The molecule has 2 N–H and O–H groups in total. The lowest BCUT2D eigenvalue weighted by Crippen LogP contribution is -2.30. The van der Waals surface area contributed by atoms with E-state index < -0.39 is 5.60 Å². The Morgan fingerprint density at radius 1 is 1.27 bits per heavy atom. The molecule has 0 spiro atoms. The molecule has 0 saturated heterocycles. The van der Waals surface area contributed by atoms with Gasteiger partial charge in [0, 0.05) is 12.2 Å². The number of likely N-dealkylation sites (N-methyl/N-ethyl adjacent to an activating group) is 1. The Labute approximate surface area is 132 Å². The number of hydrogen-bond donors (Lipinski definition) is 2. The van der Waals surface area contributed by atoms with Gasteiger partial charge < -0.3 is 20.1 Å². The van der Waals surface area contributed by atoms with Crippen LogP contribution in [0.15, 0.2) is 24.3 Å². The second-order valence-corrected chi connectivity index (χ2v) is 6.33. The Hall–Kier alpha value is -1.59. The average molecular weight is 306 g/mol. The van der Waals surface area contributed by atoms with Crippen molar-refractivity contribution in [3.8, 4) is 5.75 Å². The zero-order valence-electron chi connectivity index (χ0n) is 13.5. The zero-order chi connectivity index (χ0) is 16.0. The molecule has 0 radical (unpaired) electrons. The summed E-state index contributed by atoms with van der Waals surface area (Å²) in [6.07, 6.45) is 3.62. The third-order valence-electron chi connectivity index (χ3n) is 3.97. The quantitative estimate of drug-likeness (QED) is 0.811. The molecule has 2 rings (SSSR count). The normalized spacial score (nSPS) is 16.7. The van der Waals surface area contributed by atoms with E-state index >= 15 is 0 Å². The van der Waals surface area contributed by atoms with Crippen LogP contribution in [0.25, 0.3) is 0 Å². The summed E-state index contributed by atoms with van der Waals surface area (Å²) in [7, 11) is 4.00. The van der Waals surface area contributed by atoms with E-state index in [1.165, 1.54) is 0 Å². The van der Waals surface area contributed by atoms with Crippen molar-refractivity contribution in [2.45, 2.75) is 37.7 Å². The largest absolute Gasteiger partial charge is 0.492 e. The minimum atomic E-state index is -0.806. The Morgan fingerprint density at radius 2 is 1.91 bits per heavy atom. The van der Waals surface area contributed by atoms with Crippen molar-refractivity contribution >= 4 is 11.6 Å². The molecule has 1 fully saturated rings. The van der Waals surface area contributed by atoms with Crippen molar-refractivity contribution in [2.24, 2.45) is 0 Å². The van der Waals surface area contributed by atoms with E-state index in [1.807, 2.05) is 38.4 Å². The number of anilines is 1. The molecule has 1 aromatic carbocycles. The van der Waals surface area contributed by atoms with E-state index in [4.69, 9.17) is 4.74 Å². The van der Waals surface area contributed by atoms with Gasteiger partial charge in [-0.1, -0.05) is 12.8 Å². The number of nitrogens with one attached hydrogen (secondary N) is 1. The average Bonchev–Trinajstić information content (AvgIpc) is 2.86. The Kier molecular flexibility index (Phi) is 5.80. The third-order valence-corrected chi connectivity index (χ3v) is 3.97. The summed E-state index contributed by atoms with van der Waals surface area (Å²) in [6.45, 7) is 1.49. The highest BCUT2D eigenvalue weighted by Gasteiger charge is 2.33. The topological polar surface area (TPSA) is 61.8 Å². The standard InChI is InChI=1S/C17H26N2O3/c1-19(2)11-12-22-15-7-5-14(6-8-15)18-16(20)13-17(21)9-3-4-10-17/h5-8,21H,3-4,9-13H2,1-2H3,(H,18,20). The van der Waals surface area contributed by atoms with Gasteiger partial charge in [0.1, 0.15) is 12.4 Å². The van der Waals surface area contributed by atoms with E-state index in [2.05, 4.69) is 10.2 Å². The molecule has 0 heterocycles. The maximum atomic E-state index is 12.0. The van der Waals surface area contributed by atoms with Crippen LogP contribution in [-0.4, -0.2) is 48.8 Å². The molecule has 0 unspecified atom stereocenters. The van der Waals surface area contributed by atoms with Crippen LogP contribution in [0.5, 0.6) is 5.75 Å². The van der Waals surface area contributed by atoms with Crippen molar-refractivity contribution < 1.29 is 14.6 Å². The predicted octanol–water partition coefficient (Wildman–Crippen LogP) is 2.26. The number of amides is 1. The first-order chi connectivity index (χ1) is 10.5. The molecule has 1 saturated carbocycles. The summed E-state index contributed by atoms with van der Waals surface area (Å²) >= 11 is 0. The maximum absolute atomic E-state index is 12.0. The van der Waals surface area contributed by atoms with Gasteiger partial charge in [-0.25, -0.2) is 0 Å². The van der Waals surface area contributed by atoms with Crippen LogP contribution in [0.3, 0.4) is 0 Å². The molecule has 0 aliphatic heterocycles. The molecular formula is C17H26N2O3. The summed E-state index contributed by atoms with van der Waals surface area (Å²) in [5.41, 5.74) is -0.0779. The second kappa shape index (κ2) is 7.61. The molecule has 0 atom stereocenters. The van der Waals surface area contributed by atoms with Gasteiger partial charge in [0.2, 0.25) is 5.91 Å². The number of benzene rings is 1. The molecule has 0 aromatic heterocycles. The molecule has 5 heteroatoms. The lowest BCUT2D eigenvalue weighted by atomic mass is 9.97. The van der Waals surface area contributed by atoms with Crippen LogP contribution in [-0.2, 0) is 4.79 Å². The van der Waals surface area contributed by atoms with Gasteiger partial charge in [0.05, 0.1) is 12.0 Å². The number of aliphatic hydroxyl groups is 1. The van der Waals surface area contributed by atoms with Crippen molar-refractivity contribution in [3.05, 3.63) is 24.3 Å². The van der Waals surface area contributed by atoms with Gasteiger partial charge >= 0.3 is 0 Å². The monoisotopic (exact) mass is 306 g/mol. The van der Waals surface area contributed by atoms with E-state index in [0.717, 1.165) is 43.7 Å². The maximum Gasteiger partial charge on any atom is 0.227 e. The summed E-state index contributed by atoms with van der Waals surface area (Å²) in [6, 6.07) is 7.33. The van der Waals surface area contributed by atoms with E-state index in [-0.39, 0.29) is 12.3 Å². The molecule has 22 heavy (non-hydrogen) atoms. The van der Waals surface area contributed by atoms with Gasteiger partial charge in [-0.15, -0.1) is 0 Å². The van der Waals surface area contributed by atoms with Crippen LogP contribution in [0, 0.1) is 0 Å². The third kappa shape index (κ3) is 5.31. The first kappa shape index (κ1) is 16.8. The minimum Gasteiger partial charge on any atom is -0.492 e. The van der Waals surface area contributed by atoms with Crippen molar-refractivity contribution in [3.63, 3.8) is 0 Å². The van der Waals surface area contributed by atoms with Gasteiger partial charge in [-0.3, -0.25) is 4.79 Å². The second-order valence-electron chi connectivity index (χ2n) is 6.33. The number of carbonyl (C=O) groups excluding carboxylic acids is 1. The fraction of sp³-hybridized carbons (Fsp3) is 0.588. The van der Waals surface area contributed by atoms with Gasteiger partial charge in [-0.2, -0.15) is 0 Å². The van der Waals surface area contributed by atoms with Crippen molar-refractivity contribution in [1.82, 2.24) is 4.90 Å². The lowest BCUT2D eigenvalue weighted by molar-refractivity contribution is -0.120. The first-order valence-electron chi connectivity index (χ1n) is 7.87. The molecule has 1 aliphatic rings. The van der Waals surface area contributed by atoms with Crippen LogP contribution in [0.4, 0.5) is 5.69 Å². The summed E-state index contributed by atoms with van der Waals surface area (Å²) in [5, 5.41) is 13.1. The predicted molar refractivity (Wildman–Crippen MR) is 87.2 cm³/mol. The smallest absolute Gasteiger partial charge is 0.227 e. The number of carbonyl (C=O) groups is 1. The number of hydrogen-bond acceptors (Lipinski definition) is 4. The number of nitrogens with zero attached hydrogens (tertiary/aromatic N) is 1. The molecule has 1 aliphatic carbocycles. The molecule has 1 amide bonds. The Bertz CT molecular complexity index is 479. The Balaban J connectivity index is 1.79. The summed E-state index contributed by atoms with van der Waals surface area (Å²) < 4.78 is 5.61. The van der Waals surface area contributed by atoms with Crippen LogP contribution in [0.2, 0.25) is 0 Å². The molecule has 5 nitrogen and oxygen atoms in total. The molecule has 0 bridgehead atoms. The molecule has 122 valence electrons. The summed E-state index contributed by atoms with van der Waals surface area (Å²) in [4.78, 5) is 14.1. The molecule has 1 aromatic rings. The van der Waals surface area contributed by atoms with Crippen molar-refractivity contribution in [2.75, 3.05) is 32.6 Å².